The van der Waals surface area contributed by atoms with E-state index in [9.17, 15) is 13.2 Å². The second-order valence-electron chi connectivity index (χ2n) is 7.84. The van der Waals surface area contributed by atoms with Crippen molar-refractivity contribution in [2.75, 3.05) is 23.9 Å². The van der Waals surface area contributed by atoms with E-state index < -0.39 is 10.0 Å². The van der Waals surface area contributed by atoms with Crippen LogP contribution in [-0.2, 0) is 10.0 Å². The Morgan fingerprint density at radius 3 is 2.38 bits per heavy atom. The lowest BCUT2D eigenvalue weighted by molar-refractivity contribution is 0.0623. The molecule has 0 unspecified atom stereocenters. The molecule has 0 spiro atoms. The van der Waals surface area contributed by atoms with Crippen molar-refractivity contribution in [2.24, 2.45) is 11.8 Å². The standard InChI is InChI=1S/C23H28N2O3S/c1-4-13-25(21-10-6-5-7-11-21)29(27,28)22-12-8-9-20(15-22)23(26)24-16-18(2)14-19(3)17-24/h4-12,15,18-19H,1,13-14,16-17H2,2-3H3/t18-,19-/m1/s1. The SMILES string of the molecule is C=CCN(c1ccccc1)S(=O)(=O)c1cccc(C(=O)N2C[C@H](C)C[C@@H](C)C2)c1. The maximum atomic E-state index is 13.3. The normalized spacial score (nSPS) is 19.6. The van der Waals surface area contributed by atoms with Gasteiger partial charge in [-0.1, -0.05) is 44.2 Å². The van der Waals surface area contributed by atoms with Crippen LogP contribution in [0.4, 0.5) is 5.69 Å². The van der Waals surface area contributed by atoms with Gasteiger partial charge in [0, 0.05) is 18.7 Å². The van der Waals surface area contributed by atoms with Gasteiger partial charge in [-0.2, -0.15) is 0 Å². The number of amides is 1. The zero-order chi connectivity index (χ0) is 21.0. The lowest BCUT2D eigenvalue weighted by atomic mass is 9.91. The predicted octanol–water partition coefficient (Wildman–Crippen LogP) is 4.19. The zero-order valence-electron chi connectivity index (χ0n) is 17.0. The van der Waals surface area contributed by atoms with Crippen molar-refractivity contribution in [3.05, 3.63) is 72.8 Å². The fourth-order valence-corrected chi connectivity index (χ4v) is 5.46. The van der Waals surface area contributed by atoms with Gasteiger partial charge < -0.3 is 4.90 Å². The maximum Gasteiger partial charge on any atom is 0.264 e. The van der Waals surface area contributed by atoms with E-state index in [2.05, 4.69) is 20.4 Å². The van der Waals surface area contributed by atoms with E-state index in [0.717, 1.165) is 6.42 Å². The number of carbonyl (C=O) groups is 1. The first-order valence-corrected chi connectivity index (χ1v) is 11.3. The van der Waals surface area contributed by atoms with E-state index in [4.69, 9.17) is 0 Å². The monoisotopic (exact) mass is 412 g/mol. The Morgan fingerprint density at radius 2 is 1.76 bits per heavy atom. The van der Waals surface area contributed by atoms with Crippen LogP contribution in [0.25, 0.3) is 0 Å². The molecule has 1 aliphatic heterocycles. The molecule has 1 saturated heterocycles. The minimum atomic E-state index is -3.83. The summed E-state index contributed by atoms with van der Waals surface area (Å²) in [7, 11) is -3.83. The van der Waals surface area contributed by atoms with Crippen molar-refractivity contribution in [2.45, 2.75) is 25.2 Å². The van der Waals surface area contributed by atoms with Crippen molar-refractivity contribution >= 4 is 21.6 Å². The van der Waals surface area contributed by atoms with Gasteiger partial charge in [0.2, 0.25) is 0 Å². The third-order valence-corrected chi connectivity index (χ3v) is 6.95. The highest BCUT2D eigenvalue weighted by molar-refractivity contribution is 7.92. The molecule has 0 saturated carbocycles. The average Bonchev–Trinajstić information content (AvgIpc) is 2.71. The molecule has 0 bridgehead atoms. The fourth-order valence-electron chi connectivity index (χ4n) is 3.98. The van der Waals surface area contributed by atoms with Crippen LogP contribution in [0.1, 0.15) is 30.6 Å². The first-order chi connectivity index (χ1) is 13.8. The van der Waals surface area contributed by atoms with E-state index in [0.29, 0.717) is 36.2 Å². The molecule has 5 nitrogen and oxygen atoms in total. The van der Waals surface area contributed by atoms with Crippen molar-refractivity contribution in [3.8, 4) is 0 Å². The molecule has 1 heterocycles. The summed E-state index contributed by atoms with van der Waals surface area (Å²) >= 11 is 0. The minimum absolute atomic E-state index is 0.104. The minimum Gasteiger partial charge on any atom is -0.338 e. The topological polar surface area (TPSA) is 57.7 Å². The summed E-state index contributed by atoms with van der Waals surface area (Å²) in [4.78, 5) is 15.0. The van der Waals surface area contributed by atoms with Crippen LogP contribution in [0.2, 0.25) is 0 Å². The second kappa shape index (κ2) is 8.82. The Labute approximate surface area is 173 Å². The number of likely N-dealkylation sites (tertiary alicyclic amines) is 1. The van der Waals surface area contributed by atoms with Crippen LogP contribution in [0.5, 0.6) is 0 Å². The largest absolute Gasteiger partial charge is 0.338 e. The number of para-hydroxylation sites is 1. The second-order valence-corrected chi connectivity index (χ2v) is 9.71. The van der Waals surface area contributed by atoms with Crippen molar-refractivity contribution in [1.82, 2.24) is 4.90 Å². The van der Waals surface area contributed by atoms with Crippen LogP contribution in [0.3, 0.4) is 0 Å². The summed E-state index contributed by atoms with van der Waals surface area (Å²) in [5.41, 5.74) is 0.960. The van der Waals surface area contributed by atoms with Crippen molar-refractivity contribution in [1.29, 1.82) is 0 Å². The molecule has 0 N–H and O–H groups in total. The van der Waals surface area contributed by atoms with Crippen LogP contribution in [-0.4, -0.2) is 38.9 Å². The molecule has 154 valence electrons. The van der Waals surface area contributed by atoms with Crippen molar-refractivity contribution < 1.29 is 13.2 Å². The van der Waals surface area contributed by atoms with Gasteiger partial charge in [0.15, 0.2) is 0 Å². The maximum absolute atomic E-state index is 13.3. The molecule has 0 aromatic heterocycles. The summed E-state index contributed by atoms with van der Waals surface area (Å²) in [6.07, 6.45) is 2.65. The molecule has 2 aromatic rings. The van der Waals surface area contributed by atoms with E-state index in [1.807, 2.05) is 11.0 Å². The van der Waals surface area contributed by atoms with Gasteiger partial charge in [0.05, 0.1) is 17.1 Å². The fraction of sp³-hybridized carbons (Fsp3) is 0.348. The summed E-state index contributed by atoms with van der Waals surface area (Å²) in [5.74, 6) is 0.766. The summed E-state index contributed by atoms with van der Waals surface area (Å²) in [6, 6.07) is 15.2. The third kappa shape index (κ3) is 4.70. The number of rotatable bonds is 6. The third-order valence-electron chi connectivity index (χ3n) is 5.16. The molecule has 6 heteroatoms. The van der Waals surface area contributed by atoms with Gasteiger partial charge in [-0.05, 0) is 48.6 Å². The van der Waals surface area contributed by atoms with Crippen LogP contribution < -0.4 is 4.31 Å². The average molecular weight is 413 g/mol. The number of sulfonamides is 1. The number of benzene rings is 2. The molecule has 3 rings (SSSR count). The van der Waals surface area contributed by atoms with E-state index in [-0.39, 0.29) is 17.3 Å². The number of hydrogen-bond donors (Lipinski definition) is 0. The lowest BCUT2D eigenvalue weighted by Gasteiger charge is -2.35. The number of piperidine rings is 1. The number of carbonyl (C=O) groups excluding carboxylic acids is 1. The molecule has 1 amide bonds. The Bertz CT molecular complexity index is 963. The number of nitrogens with zero attached hydrogens (tertiary/aromatic N) is 2. The van der Waals surface area contributed by atoms with E-state index >= 15 is 0 Å². The molecule has 1 aliphatic rings. The molecule has 2 aromatic carbocycles. The van der Waals surface area contributed by atoms with Gasteiger partial charge in [-0.25, -0.2) is 8.42 Å². The smallest absolute Gasteiger partial charge is 0.264 e. The van der Waals surface area contributed by atoms with E-state index in [1.165, 1.54) is 16.4 Å². The number of hydrogen-bond acceptors (Lipinski definition) is 3. The highest BCUT2D eigenvalue weighted by Gasteiger charge is 2.28. The molecule has 0 radical (unpaired) electrons. The van der Waals surface area contributed by atoms with Crippen LogP contribution in [0.15, 0.2) is 72.1 Å². The summed E-state index contributed by atoms with van der Waals surface area (Å²) in [5, 5.41) is 0. The van der Waals surface area contributed by atoms with Gasteiger partial charge in [-0.15, -0.1) is 6.58 Å². The Hall–Kier alpha value is -2.60. The predicted molar refractivity (Wildman–Crippen MR) is 116 cm³/mol. The van der Waals surface area contributed by atoms with Gasteiger partial charge >= 0.3 is 0 Å². The van der Waals surface area contributed by atoms with Crippen LogP contribution in [0, 0.1) is 11.8 Å². The highest BCUT2D eigenvalue weighted by Crippen LogP contribution is 2.26. The Balaban J connectivity index is 1.93. The molecule has 0 aliphatic carbocycles. The number of anilines is 1. The zero-order valence-corrected chi connectivity index (χ0v) is 17.8. The molecule has 29 heavy (non-hydrogen) atoms. The quantitative estimate of drug-likeness (QED) is 0.669. The van der Waals surface area contributed by atoms with Gasteiger partial charge in [0.1, 0.15) is 0 Å². The van der Waals surface area contributed by atoms with Crippen molar-refractivity contribution in [3.63, 3.8) is 0 Å². The lowest BCUT2D eigenvalue weighted by Crippen LogP contribution is -2.42. The first-order valence-electron chi connectivity index (χ1n) is 9.91. The van der Waals surface area contributed by atoms with E-state index in [1.54, 1.807) is 42.5 Å². The summed E-state index contributed by atoms with van der Waals surface area (Å²) < 4.78 is 28.0. The molecular formula is C23H28N2O3S. The Morgan fingerprint density at radius 1 is 1.10 bits per heavy atom. The first kappa shape index (κ1) is 21.1. The summed E-state index contributed by atoms with van der Waals surface area (Å²) in [6.45, 7) is 9.52. The van der Waals surface area contributed by atoms with Gasteiger partial charge in [0.25, 0.3) is 15.9 Å². The van der Waals surface area contributed by atoms with Crippen LogP contribution >= 0.6 is 0 Å². The highest BCUT2D eigenvalue weighted by atomic mass is 32.2. The molecular weight excluding hydrogens is 384 g/mol. The molecule has 1 fully saturated rings. The van der Waals surface area contributed by atoms with Gasteiger partial charge in [-0.3, -0.25) is 9.10 Å². The Kier molecular flexibility index (Phi) is 6.42. The molecule has 2 atom stereocenters.